The summed E-state index contributed by atoms with van der Waals surface area (Å²) in [6.45, 7) is 1.64. The van der Waals surface area contributed by atoms with E-state index in [1.165, 1.54) is 25.7 Å². The van der Waals surface area contributed by atoms with E-state index >= 15 is 0 Å². The monoisotopic (exact) mass is 448 g/mol. The molecule has 1 N–H and O–H groups in total. The molecule has 3 heterocycles. The zero-order valence-corrected chi connectivity index (χ0v) is 19.2. The number of fused-ring (bicyclic) bond motifs is 1. The summed E-state index contributed by atoms with van der Waals surface area (Å²) >= 11 is 0. The average molecular weight is 449 g/mol. The summed E-state index contributed by atoms with van der Waals surface area (Å²) in [5.41, 5.74) is 1.64. The molecular weight excluding hydrogens is 416 g/mol. The molecule has 1 amide bonds. The molecule has 0 spiro atoms. The topological polar surface area (TPSA) is 84.7 Å². The van der Waals surface area contributed by atoms with E-state index in [1.54, 1.807) is 11.6 Å². The normalized spacial score (nSPS) is 18.3. The van der Waals surface area contributed by atoms with Crippen LogP contribution in [0.4, 0.5) is 5.82 Å². The quantitative estimate of drug-likeness (QED) is 0.597. The van der Waals surface area contributed by atoms with Crippen molar-refractivity contribution < 1.29 is 9.53 Å². The summed E-state index contributed by atoms with van der Waals surface area (Å²) in [7, 11) is 1.65. The van der Waals surface area contributed by atoms with E-state index in [0.29, 0.717) is 17.5 Å². The number of anilines is 1. The molecule has 1 saturated carbocycles. The Morgan fingerprint density at radius 1 is 0.939 bits per heavy atom. The Morgan fingerprint density at radius 2 is 1.67 bits per heavy atom. The highest BCUT2D eigenvalue weighted by atomic mass is 16.5. The number of hydrogen-bond acceptors (Lipinski definition) is 6. The van der Waals surface area contributed by atoms with Crippen molar-refractivity contribution in [1.82, 2.24) is 25.1 Å². The summed E-state index contributed by atoms with van der Waals surface area (Å²) in [5, 5.41) is 16.8. The molecule has 2 fully saturated rings. The second-order valence-corrected chi connectivity index (χ2v) is 9.17. The van der Waals surface area contributed by atoms with Crippen LogP contribution < -0.4 is 15.0 Å². The molecule has 0 atom stereocenters. The van der Waals surface area contributed by atoms with Crippen LogP contribution in [0.2, 0.25) is 0 Å². The van der Waals surface area contributed by atoms with Crippen LogP contribution in [0, 0.1) is 5.92 Å². The lowest BCUT2D eigenvalue weighted by molar-refractivity contribution is -0.126. The zero-order valence-electron chi connectivity index (χ0n) is 19.2. The molecule has 174 valence electrons. The van der Waals surface area contributed by atoms with Crippen molar-refractivity contribution in [3.05, 3.63) is 36.4 Å². The van der Waals surface area contributed by atoms with Crippen LogP contribution in [0.3, 0.4) is 0 Å². The van der Waals surface area contributed by atoms with Crippen LogP contribution in [-0.2, 0) is 4.79 Å². The van der Waals surface area contributed by atoms with Crippen molar-refractivity contribution in [3.63, 3.8) is 0 Å². The Balaban J connectivity index is 1.25. The van der Waals surface area contributed by atoms with Gasteiger partial charge in [-0.2, -0.15) is 4.52 Å². The molecule has 0 bridgehead atoms. The largest absolute Gasteiger partial charge is 0.497 e. The van der Waals surface area contributed by atoms with Gasteiger partial charge in [-0.25, -0.2) is 0 Å². The molecule has 2 aliphatic rings. The number of carbonyl (C=O) groups is 1. The standard InChI is InChI=1S/C25H32N6O2/c1-33-21-10-8-18(9-11-21)24-28-27-22-12-13-23(29-31(22)24)30-16-14-19(15-17-30)25(32)26-20-6-4-2-3-5-7-20/h8-13,19-20H,2-7,14-17H2,1H3,(H,26,32). The summed E-state index contributed by atoms with van der Waals surface area (Å²) in [5.74, 6) is 2.72. The first-order chi connectivity index (χ1) is 16.2. The first-order valence-corrected chi connectivity index (χ1v) is 12.1. The van der Waals surface area contributed by atoms with Crippen LogP contribution in [0.25, 0.3) is 17.0 Å². The lowest BCUT2D eigenvalue weighted by Crippen LogP contribution is -2.44. The number of carbonyl (C=O) groups excluding carboxylic acids is 1. The number of methoxy groups -OCH3 is 1. The molecule has 1 aromatic carbocycles. The van der Waals surface area contributed by atoms with E-state index in [-0.39, 0.29) is 11.8 Å². The molecule has 2 aromatic heterocycles. The summed E-state index contributed by atoms with van der Waals surface area (Å²) in [6.07, 6.45) is 9.04. The molecule has 8 nitrogen and oxygen atoms in total. The molecule has 3 aromatic rings. The van der Waals surface area contributed by atoms with Gasteiger partial charge in [0.25, 0.3) is 0 Å². The number of amides is 1. The predicted octanol–water partition coefficient (Wildman–Crippen LogP) is 3.86. The summed E-state index contributed by atoms with van der Waals surface area (Å²) in [6, 6.07) is 12.0. The summed E-state index contributed by atoms with van der Waals surface area (Å²) < 4.78 is 7.05. The molecule has 0 unspecified atom stereocenters. The van der Waals surface area contributed by atoms with Gasteiger partial charge >= 0.3 is 0 Å². The highest BCUT2D eigenvalue weighted by Crippen LogP contribution is 2.26. The highest BCUT2D eigenvalue weighted by Gasteiger charge is 2.27. The lowest BCUT2D eigenvalue weighted by Gasteiger charge is -2.32. The van der Waals surface area contributed by atoms with Crippen molar-refractivity contribution in [1.29, 1.82) is 0 Å². The number of nitrogens with zero attached hydrogens (tertiary/aromatic N) is 5. The zero-order chi connectivity index (χ0) is 22.6. The van der Waals surface area contributed by atoms with Crippen molar-refractivity contribution in [2.45, 2.75) is 57.4 Å². The third kappa shape index (κ3) is 4.79. The van der Waals surface area contributed by atoms with Gasteiger partial charge in [-0.15, -0.1) is 15.3 Å². The van der Waals surface area contributed by atoms with Gasteiger partial charge in [0.05, 0.1) is 7.11 Å². The van der Waals surface area contributed by atoms with Crippen LogP contribution >= 0.6 is 0 Å². The lowest BCUT2D eigenvalue weighted by atomic mass is 9.95. The van der Waals surface area contributed by atoms with Gasteiger partial charge in [-0.3, -0.25) is 4.79 Å². The molecule has 33 heavy (non-hydrogen) atoms. The number of nitrogens with one attached hydrogen (secondary N) is 1. The number of hydrogen-bond donors (Lipinski definition) is 1. The Morgan fingerprint density at radius 3 is 2.36 bits per heavy atom. The number of ether oxygens (including phenoxy) is 1. The molecule has 1 aliphatic heterocycles. The minimum Gasteiger partial charge on any atom is -0.497 e. The Kier molecular flexibility index (Phi) is 6.41. The minimum atomic E-state index is 0.0954. The van der Waals surface area contributed by atoms with E-state index in [1.807, 2.05) is 36.4 Å². The Bertz CT molecular complexity index is 1080. The van der Waals surface area contributed by atoms with Crippen molar-refractivity contribution >= 4 is 17.4 Å². The number of benzene rings is 1. The SMILES string of the molecule is COc1ccc(-c2nnc3ccc(N4CCC(C(=O)NC5CCCCCC5)CC4)nn23)cc1. The van der Waals surface area contributed by atoms with E-state index in [9.17, 15) is 4.79 Å². The molecule has 1 aliphatic carbocycles. The molecule has 0 radical (unpaired) electrons. The van der Waals surface area contributed by atoms with Crippen molar-refractivity contribution in [2.24, 2.45) is 5.92 Å². The highest BCUT2D eigenvalue weighted by molar-refractivity contribution is 5.79. The second-order valence-electron chi connectivity index (χ2n) is 9.17. The van der Waals surface area contributed by atoms with Crippen LogP contribution in [0.1, 0.15) is 51.4 Å². The van der Waals surface area contributed by atoms with Crippen molar-refractivity contribution in [3.8, 4) is 17.1 Å². The van der Waals surface area contributed by atoms with Gasteiger partial charge in [0.1, 0.15) is 11.6 Å². The Labute approximate surface area is 194 Å². The van der Waals surface area contributed by atoms with Gasteiger partial charge in [0, 0.05) is 30.6 Å². The maximum absolute atomic E-state index is 12.8. The van der Waals surface area contributed by atoms with Gasteiger partial charge in [-0.1, -0.05) is 25.7 Å². The van der Waals surface area contributed by atoms with Crippen molar-refractivity contribution in [2.75, 3.05) is 25.1 Å². The van der Waals surface area contributed by atoms with Gasteiger partial charge in [-0.05, 0) is 62.1 Å². The first kappa shape index (κ1) is 21.7. The molecule has 8 heteroatoms. The van der Waals surface area contributed by atoms with E-state index in [2.05, 4.69) is 20.4 Å². The van der Waals surface area contributed by atoms with Gasteiger partial charge in [0.2, 0.25) is 5.91 Å². The number of aromatic nitrogens is 4. The average Bonchev–Trinajstić information content (AvgIpc) is 3.12. The van der Waals surface area contributed by atoms with Gasteiger partial charge < -0.3 is 15.0 Å². The maximum atomic E-state index is 12.8. The van der Waals surface area contributed by atoms with Crippen LogP contribution in [0.15, 0.2) is 36.4 Å². The molecule has 1 saturated heterocycles. The molecule has 5 rings (SSSR count). The predicted molar refractivity (Wildman–Crippen MR) is 127 cm³/mol. The Hall–Kier alpha value is -3.16. The fraction of sp³-hybridized carbons (Fsp3) is 0.520. The minimum absolute atomic E-state index is 0.0954. The first-order valence-electron chi connectivity index (χ1n) is 12.1. The second kappa shape index (κ2) is 9.77. The number of rotatable bonds is 5. The van der Waals surface area contributed by atoms with Crippen LogP contribution in [-0.4, -0.2) is 52.0 Å². The summed E-state index contributed by atoms with van der Waals surface area (Å²) in [4.78, 5) is 15.1. The maximum Gasteiger partial charge on any atom is 0.223 e. The fourth-order valence-electron chi connectivity index (χ4n) is 4.98. The fourth-order valence-corrected chi connectivity index (χ4v) is 4.98. The van der Waals surface area contributed by atoms with E-state index < -0.39 is 0 Å². The third-order valence-electron chi connectivity index (χ3n) is 6.99. The van der Waals surface area contributed by atoms with E-state index in [4.69, 9.17) is 9.84 Å². The number of piperidine rings is 1. The smallest absolute Gasteiger partial charge is 0.223 e. The van der Waals surface area contributed by atoms with Gasteiger partial charge in [0.15, 0.2) is 11.5 Å². The van der Waals surface area contributed by atoms with E-state index in [0.717, 1.165) is 55.9 Å². The van der Waals surface area contributed by atoms with Crippen LogP contribution in [0.5, 0.6) is 5.75 Å². The molecular formula is C25H32N6O2. The third-order valence-corrected chi connectivity index (χ3v) is 6.99.